The van der Waals surface area contributed by atoms with E-state index in [-0.39, 0.29) is 5.56 Å². The van der Waals surface area contributed by atoms with Crippen LogP contribution in [-0.2, 0) is 6.54 Å². The first-order valence-corrected chi connectivity index (χ1v) is 8.10. The molecule has 0 spiro atoms. The molecule has 2 heterocycles. The second-order valence-electron chi connectivity index (χ2n) is 6.04. The molecule has 23 heavy (non-hydrogen) atoms. The lowest BCUT2D eigenvalue weighted by Crippen LogP contribution is -3.11. The van der Waals surface area contributed by atoms with Crippen molar-refractivity contribution >= 4 is 5.71 Å². The van der Waals surface area contributed by atoms with Crippen LogP contribution < -0.4 is 21.3 Å². The highest BCUT2D eigenvalue weighted by atomic mass is 16.3. The van der Waals surface area contributed by atoms with Gasteiger partial charge in [-0.2, -0.15) is 5.10 Å². The molecule has 1 aliphatic heterocycles. The van der Waals surface area contributed by atoms with Gasteiger partial charge in [0.25, 0.3) is 5.56 Å². The highest BCUT2D eigenvalue weighted by Crippen LogP contribution is 2.09. The van der Waals surface area contributed by atoms with Crippen LogP contribution >= 0.6 is 0 Å². The Bertz CT molecular complexity index is 683. The van der Waals surface area contributed by atoms with Crippen LogP contribution in [-0.4, -0.2) is 53.5 Å². The van der Waals surface area contributed by atoms with Crippen molar-refractivity contribution in [3.63, 3.8) is 0 Å². The van der Waals surface area contributed by atoms with E-state index in [2.05, 4.69) is 17.1 Å². The van der Waals surface area contributed by atoms with E-state index in [1.54, 1.807) is 6.92 Å². The van der Waals surface area contributed by atoms with Gasteiger partial charge in [-0.15, -0.1) is 0 Å². The Balaban J connectivity index is 2.34. The SMILES string of the molecule is CCCCn1c([O-])c(/C(C)=N/N2CC[NH+](C)CC2)c(=O)[nH]c1=O. The summed E-state index contributed by atoms with van der Waals surface area (Å²) in [5.41, 5.74) is -0.977. The van der Waals surface area contributed by atoms with Gasteiger partial charge >= 0.3 is 5.69 Å². The summed E-state index contributed by atoms with van der Waals surface area (Å²) >= 11 is 0. The lowest BCUT2D eigenvalue weighted by molar-refractivity contribution is -0.884. The standard InChI is InChI=1S/C15H25N5O3/c1-4-5-6-20-14(22)12(13(21)16-15(20)23)11(2)17-19-9-7-18(3)8-10-19/h22H,4-10H2,1-3H3,(H,16,21,23)/b17-11+. The van der Waals surface area contributed by atoms with Gasteiger partial charge in [-0.1, -0.05) is 13.3 Å². The molecule has 2 rings (SSSR count). The minimum atomic E-state index is -0.659. The zero-order valence-corrected chi connectivity index (χ0v) is 14.0. The number of aromatic amines is 1. The number of likely N-dealkylation sites (N-methyl/N-ethyl adjacent to an activating group) is 1. The van der Waals surface area contributed by atoms with E-state index in [0.717, 1.165) is 37.2 Å². The molecule has 0 unspecified atom stereocenters. The smallest absolute Gasteiger partial charge is 0.327 e. The Morgan fingerprint density at radius 3 is 2.61 bits per heavy atom. The predicted molar refractivity (Wildman–Crippen MR) is 86.1 cm³/mol. The Hall–Kier alpha value is -2.09. The molecule has 1 aromatic heterocycles. The van der Waals surface area contributed by atoms with Crippen LogP contribution in [0.15, 0.2) is 14.7 Å². The molecule has 0 atom stereocenters. The van der Waals surface area contributed by atoms with E-state index < -0.39 is 17.1 Å². The first kappa shape index (κ1) is 17.3. The number of rotatable bonds is 5. The maximum atomic E-state index is 12.5. The molecule has 8 nitrogen and oxygen atoms in total. The Labute approximate surface area is 135 Å². The number of hydrazone groups is 1. The number of piperazine rings is 1. The molecular formula is C15H25N5O3. The largest absolute Gasteiger partial charge is 0.859 e. The normalized spacial score (nSPS) is 16.8. The van der Waals surface area contributed by atoms with E-state index in [9.17, 15) is 14.7 Å². The van der Waals surface area contributed by atoms with Crippen molar-refractivity contribution < 1.29 is 10.0 Å². The van der Waals surface area contributed by atoms with E-state index in [0.29, 0.717) is 18.7 Å². The summed E-state index contributed by atoms with van der Waals surface area (Å²) in [6.45, 7) is 7.43. The molecule has 2 N–H and O–H groups in total. The van der Waals surface area contributed by atoms with Crippen molar-refractivity contribution in [1.82, 2.24) is 14.6 Å². The monoisotopic (exact) mass is 323 g/mol. The summed E-state index contributed by atoms with van der Waals surface area (Å²) in [6, 6.07) is 0. The van der Waals surface area contributed by atoms with E-state index in [4.69, 9.17) is 0 Å². The molecule has 1 aromatic rings. The van der Waals surface area contributed by atoms with Gasteiger partial charge in [-0.05, 0) is 19.2 Å². The van der Waals surface area contributed by atoms with Crippen molar-refractivity contribution in [1.29, 1.82) is 0 Å². The second-order valence-corrected chi connectivity index (χ2v) is 6.04. The molecule has 1 saturated heterocycles. The summed E-state index contributed by atoms with van der Waals surface area (Å²) in [4.78, 5) is 27.5. The van der Waals surface area contributed by atoms with E-state index in [1.807, 2.05) is 11.9 Å². The lowest BCUT2D eigenvalue weighted by Gasteiger charge is -2.28. The maximum absolute atomic E-state index is 12.5. The maximum Gasteiger partial charge on any atom is 0.327 e. The van der Waals surface area contributed by atoms with Crippen LogP contribution in [0.4, 0.5) is 0 Å². The van der Waals surface area contributed by atoms with Gasteiger partial charge in [0.15, 0.2) is 0 Å². The van der Waals surface area contributed by atoms with Gasteiger partial charge in [0, 0.05) is 6.54 Å². The van der Waals surface area contributed by atoms with Crippen molar-refractivity contribution in [2.24, 2.45) is 5.10 Å². The minimum absolute atomic E-state index is 0.0352. The number of quaternary nitrogens is 1. The number of hydrogen-bond acceptors (Lipinski definition) is 5. The molecule has 0 bridgehead atoms. The van der Waals surface area contributed by atoms with Crippen LogP contribution in [0.25, 0.3) is 0 Å². The highest BCUT2D eigenvalue weighted by Gasteiger charge is 2.17. The number of H-pyrrole nitrogens is 1. The molecule has 0 radical (unpaired) electrons. The third-order valence-corrected chi connectivity index (χ3v) is 4.13. The highest BCUT2D eigenvalue weighted by molar-refractivity contribution is 5.99. The van der Waals surface area contributed by atoms with Crippen LogP contribution in [0.3, 0.4) is 0 Å². The van der Waals surface area contributed by atoms with Crippen LogP contribution in [0.5, 0.6) is 5.88 Å². The zero-order chi connectivity index (χ0) is 17.0. The van der Waals surface area contributed by atoms with Crippen LogP contribution in [0.2, 0.25) is 0 Å². The van der Waals surface area contributed by atoms with Crippen molar-refractivity contribution in [2.75, 3.05) is 33.2 Å². The Morgan fingerprint density at radius 2 is 2.00 bits per heavy atom. The van der Waals surface area contributed by atoms with Gasteiger partial charge in [0.05, 0.1) is 44.5 Å². The summed E-state index contributed by atoms with van der Waals surface area (Å²) < 4.78 is 1.09. The molecule has 128 valence electrons. The van der Waals surface area contributed by atoms with E-state index in [1.165, 1.54) is 4.90 Å². The molecule has 0 amide bonds. The molecule has 0 aliphatic carbocycles. The fourth-order valence-electron chi connectivity index (χ4n) is 2.63. The summed E-state index contributed by atoms with van der Waals surface area (Å²) in [7, 11) is 2.12. The third-order valence-electron chi connectivity index (χ3n) is 4.13. The topological polar surface area (TPSA) is 98.0 Å². The third kappa shape index (κ3) is 4.01. The fourth-order valence-corrected chi connectivity index (χ4v) is 2.63. The predicted octanol–water partition coefficient (Wildman–Crippen LogP) is -2.04. The molecule has 1 aliphatic rings. The lowest BCUT2D eigenvalue weighted by atomic mass is 10.2. The number of unbranched alkanes of at least 4 members (excludes halogenated alkanes) is 1. The summed E-state index contributed by atoms with van der Waals surface area (Å²) in [6.07, 6.45) is 1.56. The van der Waals surface area contributed by atoms with Gasteiger partial charge in [0.2, 0.25) is 0 Å². The van der Waals surface area contributed by atoms with E-state index >= 15 is 0 Å². The molecule has 8 heteroatoms. The second kappa shape index (κ2) is 7.45. The Morgan fingerprint density at radius 1 is 1.35 bits per heavy atom. The number of nitrogens with one attached hydrogen (secondary N) is 2. The van der Waals surface area contributed by atoms with Gasteiger partial charge in [-0.3, -0.25) is 14.8 Å². The molecular weight excluding hydrogens is 298 g/mol. The molecule has 0 aromatic carbocycles. The summed E-state index contributed by atoms with van der Waals surface area (Å²) in [5, 5.41) is 18.8. The quantitative estimate of drug-likeness (QED) is 0.610. The van der Waals surface area contributed by atoms with Gasteiger partial charge in [0.1, 0.15) is 0 Å². The van der Waals surface area contributed by atoms with Crippen LogP contribution in [0, 0.1) is 0 Å². The van der Waals surface area contributed by atoms with Crippen LogP contribution in [0.1, 0.15) is 32.3 Å². The molecule has 0 saturated carbocycles. The Kier molecular flexibility index (Phi) is 5.59. The van der Waals surface area contributed by atoms with Crippen molar-refractivity contribution in [3.05, 3.63) is 26.4 Å². The van der Waals surface area contributed by atoms with Gasteiger partial charge in [-0.25, -0.2) is 4.79 Å². The minimum Gasteiger partial charge on any atom is -0.859 e. The van der Waals surface area contributed by atoms with Crippen molar-refractivity contribution in [2.45, 2.75) is 33.2 Å². The zero-order valence-electron chi connectivity index (χ0n) is 14.0. The number of nitrogens with zero attached hydrogens (tertiary/aromatic N) is 3. The van der Waals surface area contributed by atoms with Crippen molar-refractivity contribution in [3.8, 4) is 5.88 Å². The fraction of sp³-hybridized carbons (Fsp3) is 0.667. The number of hydrogen-bond donors (Lipinski definition) is 2. The molecule has 1 fully saturated rings. The first-order valence-electron chi connectivity index (χ1n) is 8.10. The van der Waals surface area contributed by atoms with Gasteiger partial charge < -0.3 is 14.6 Å². The number of aromatic nitrogens is 2. The first-order chi connectivity index (χ1) is 10.9. The average molecular weight is 323 g/mol. The average Bonchev–Trinajstić information content (AvgIpc) is 2.49. The summed E-state index contributed by atoms with van der Waals surface area (Å²) in [5.74, 6) is -0.548.